The minimum Gasteiger partial charge on any atom is -0.494 e. The normalized spacial score (nSPS) is 14.3. The second-order valence-corrected chi connectivity index (χ2v) is 8.13. The van der Waals surface area contributed by atoms with Gasteiger partial charge in [-0.15, -0.1) is 0 Å². The van der Waals surface area contributed by atoms with Crippen molar-refractivity contribution in [3.05, 3.63) is 65.7 Å². The maximum absolute atomic E-state index is 5.97. The zero-order valence-corrected chi connectivity index (χ0v) is 18.5. The van der Waals surface area contributed by atoms with Crippen LogP contribution in [0.25, 0.3) is 0 Å². The molecule has 1 saturated heterocycles. The van der Waals surface area contributed by atoms with Crippen LogP contribution < -0.4 is 20.7 Å². The number of anilines is 2. The lowest BCUT2D eigenvalue weighted by Crippen LogP contribution is -2.42. The van der Waals surface area contributed by atoms with Crippen LogP contribution in [0.4, 0.5) is 11.6 Å². The van der Waals surface area contributed by atoms with Gasteiger partial charge in [-0.3, -0.25) is 4.90 Å². The molecular formula is C23H30N6OS. The number of rotatable bonds is 11. The molecular weight excluding hydrogens is 408 g/mol. The van der Waals surface area contributed by atoms with E-state index in [1.807, 2.05) is 24.3 Å². The number of hydrogen-bond donors (Lipinski definition) is 3. The molecule has 0 radical (unpaired) electrons. The van der Waals surface area contributed by atoms with Crippen molar-refractivity contribution in [3.8, 4) is 5.75 Å². The third-order valence-corrected chi connectivity index (χ3v) is 5.72. The van der Waals surface area contributed by atoms with E-state index in [1.54, 1.807) is 0 Å². The predicted molar refractivity (Wildman–Crippen MR) is 127 cm³/mol. The molecule has 0 spiro atoms. The van der Waals surface area contributed by atoms with Crippen molar-refractivity contribution in [1.82, 2.24) is 19.0 Å². The standard InChI is InChI=1S/C23H30N6OS/c1-2-6-19(7-3-1)17-26-23-22(27-31-28-23)25-10-5-15-30-21-9-4-8-20(16-21)18-29-13-11-24-12-14-29/h1-4,6-9,16,24H,5,10-15,17-18H2,(H,25,27)(H,26,28). The molecule has 0 bridgehead atoms. The Labute approximate surface area is 188 Å². The van der Waals surface area contributed by atoms with Gasteiger partial charge in [-0.25, -0.2) is 0 Å². The first-order valence-electron chi connectivity index (χ1n) is 10.9. The number of piperazine rings is 1. The van der Waals surface area contributed by atoms with Gasteiger partial charge in [0, 0.05) is 45.8 Å². The zero-order valence-electron chi connectivity index (χ0n) is 17.7. The number of benzene rings is 2. The molecule has 4 rings (SSSR count). The van der Waals surface area contributed by atoms with Crippen molar-refractivity contribution >= 4 is 23.4 Å². The average Bonchev–Trinajstić information content (AvgIpc) is 3.26. The molecule has 1 aromatic heterocycles. The highest BCUT2D eigenvalue weighted by Gasteiger charge is 2.10. The van der Waals surface area contributed by atoms with Crippen LogP contribution in [-0.4, -0.2) is 53.0 Å². The topological polar surface area (TPSA) is 74.3 Å². The van der Waals surface area contributed by atoms with Crippen molar-refractivity contribution in [1.29, 1.82) is 0 Å². The first kappa shape index (κ1) is 21.5. The molecule has 2 aromatic carbocycles. The maximum atomic E-state index is 5.97. The summed E-state index contributed by atoms with van der Waals surface area (Å²) in [6.45, 7) is 7.50. The van der Waals surface area contributed by atoms with Crippen molar-refractivity contribution in [3.63, 3.8) is 0 Å². The Bertz CT molecular complexity index is 913. The fraction of sp³-hybridized carbons (Fsp3) is 0.391. The van der Waals surface area contributed by atoms with Crippen LogP contribution in [0.2, 0.25) is 0 Å². The minimum atomic E-state index is 0.661. The van der Waals surface area contributed by atoms with Gasteiger partial charge < -0.3 is 20.7 Å². The molecule has 3 N–H and O–H groups in total. The van der Waals surface area contributed by atoms with Gasteiger partial charge in [0.25, 0.3) is 0 Å². The third kappa shape index (κ3) is 6.92. The number of hydrogen-bond acceptors (Lipinski definition) is 8. The van der Waals surface area contributed by atoms with Gasteiger partial charge in [0.1, 0.15) is 5.75 Å². The molecule has 0 saturated carbocycles. The summed E-state index contributed by atoms with van der Waals surface area (Å²) in [6.07, 6.45) is 0.887. The van der Waals surface area contributed by atoms with Gasteiger partial charge in [-0.05, 0) is 29.7 Å². The van der Waals surface area contributed by atoms with Gasteiger partial charge in [0.2, 0.25) is 0 Å². The number of nitrogens with zero attached hydrogens (tertiary/aromatic N) is 3. The monoisotopic (exact) mass is 438 g/mol. The van der Waals surface area contributed by atoms with Gasteiger partial charge >= 0.3 is 0 Å². The highest BCUT2D eigenvalue weighted by Crippen LogP contribution is 2.19. The summed E-state index contributed by atoms with van der Waals surface area (Å²) in [5.41, 5.74) is 2.52. The van der Waals surface area contributed by atoms with E-state index < -0.39 is 0 Å². The highest BCUT2D eigenvalue weighted by atomic mass is 32.1. The van der Waals surface area contributed by atoms with E-state index in [0.29, 0.717) is 6.61 Å². The fourth-order valence-electron chi connectivity index (χ4n) is 3.53. The van der Waals surface area contributed by atoms with Crippen LogP contribution in [0.5, 0.6) is 5.75 Å². The van der Waals surface area contributed by atoms with Crippen LogP contribution in [0, 0.1) is 0 Å². The summed E-state index contributed by atoms with van der Waals surface area (Å²) >= 11 is 1.21. The van der Waals surface area contributed by atoms with Gasteiger partial charge in [-0.1, -0.05) is 42.5 Å². The molecule has 0 aliphatic carbocycles. The minimum absolute atomic E-state index is 0.661. The molecule has 0 amide bonds. The molecule has 31 heavy (non-hydrogen) atoms. The van der Waals surface area contributed by atoms with Crippen molar-refractivity contribution in [2.45, 2.75) is 19.5 Å². The van der Waals surface area contributed by atoms with Crippen LogP contribution >= 0.6 is 11.7 Å². The Balaban J connectivity index is 1.16. The Morgan fingerprint density at radius 3 is 2.55 bits per heavy atom. The molecule has 0 atom stereocenters. The van der Waals surface area contributed by atoms with E-state index in [4.69, 9.17) is 4.74 Å². The quantitative estimate of drug-likeness (QED) is 0.396. The Morgan fingerprint density at radius 2 is 1.71 bits per heavy atom. The first-order valence-corrected chi connectivity index (χ1v) is 11.6. The van der Waals surface area contributed by atoms with Crippen molar-refractivity contribution in [2.24, 2.45) is 0 Å². The molecule has 2 heterocycles. The van der Waals surface area contributed by atoms with Crippen molar-refractivity contribution in [2.75, 3.05) is 50.0 Å². The molecule has 1 aliphatic heterocycles. The molecule has 3 aromatic rings. The second kappa shape index (κ2) is 11.6. The van der Waals surface area contributed by atoms with E-state index in [-0.39, 0.29) is 0 Å². The smallest absolute Gasteiger partial charge is 0.184 e. The summed E-state index contributed by atoms with van der Waals surface area (Å²) < 4.78 is 14.7. The Hall–Kier alpha value is -2.68. The lowest BCUT2D eigenvalue weighted by Gasteiger charge is -2.27. The van der Waals surface area contributed by atoms with Gasteiger partial charge in [-0.2, -0.15) is 8.75 Å². The fourth-order valence-corrected chi connectivity index (χ4v) is 4.04. The van der Waals surface area contributed by atoms with E-state index in [0.717, 1.165) is 69.6 Å². The SMILES string of the molecule is c1ccc(CNc2nsnc2NCCCOc2cccc(CN3CCNCC3)c2)cc1. The summed E-state index contributed by atoms with van der Waals surface area (Å²) in [7, 11) is 0. The molecule has 0 unspecified atom stereocenters. The lowest BCUT2D eigenvalue weighted by molar-refractivity contribution is 0.232. The van der Waals surface area contributed by atoms with E-state index >= 15 is 0 Å². The lowest BCUT2D eigenvalue weighted by atomic mass is 10.2. The van der Waals surface area contributed by atoms with E-state index in [1.165, 1.54) is 22.9 Å². The third-order valence-electron chi connectivity index (χ3n) is 5.19. The van der Waals surface area contributed by atoms with E-state index in [2.05, 4.69) is 59.9 Å². The van der Waals surface area contributed by atoms with Crippen LogP contribution in [-0.2, 0) is 13.1 Å². The van der Waals surface area contributed by atoms with Crippen LogP contribution in [0.15, 0.2) is 54.6 Å². The van der Waals surface area contributed by atoms with E-state index in [9.17, 15) is 0 Å². The van der Waals surface area contributed by atoms with Crippen LogP contribution in [0.3, 0.4) is 0 Å². The number of aromatic nitrogens is 2. The van der Waals surface area contributed by atoms with Crippen molar-refractivity contribution < 1.29 is 4.74 Å². The molecule has 164 valence electrons. The molecule has 1 fully saturated rings. The molecule has 7 nitrogen and oxygen atoms in total. The highest BCUT2D eigenvalue weighted by molar-refractivity contribution is 6.99. The predicted octanol–water partition coefficient (Wildman–Crippen LogP) is 3.44. The van der Waals surface area contributed by atoms with Crippen LogP contribution in [0.1, 0.15) is 17.5 Å². The average molecular weight is 439 g/mol. The summed E-state index contributed by atoms with van der Waals surface area (Å²) in [6, 6.07) is 18.7. The van der Waals surface area contributed by atoms with Gasteiger partial charge in [0.05, 0.1) is 18.3 Å². The summed E-state index contributed by atoms with van der Waals surface area (Å²) in [5.74, 6) is 2.54. The summed E-state index contributed by atoms with van der Waals surface area (Å²) in [4.78, 5) is 2.48. The molecule has 1 aliphatic rings. The first-order chi connectivity index (χ1) is 15.4. The Morgan fingerprint density at radius 1 is 0.935 bits per heavy atom. The number of nitrogens with one attached hydrogen (secondary N) is 3. The zero-order chi connectivity index (χ0) is 21.1. The molecule has 8 heteroatoms. The maximum Gasteiger partial charge on any atom is 0.184 e. The Kier molecular flexibility index (Phi) is 8.09. The second-order valence-electron chi connectivity index (χ2n) is 7.60. The summed E-state index contributed by atoms with van der Waals surface area (Å²) in [5, 5.41) is 10.1. The number of ether oxygens (including phenoxy) is 1. The largest absolute Gasteiger partial charge is 0.494 e. The van der Waals surface area contributed by atoms with Gasteiger partial charge in [0.15, 0.2) is 11.6 Å².